The van der Waals surface area contributed by atoms with E-state index in [9.17, 15) is 18.0 Å². The Hall–Kier alpha value is -1.76. The minimum absolute atomic E-state index is 0.0133. The molecule has 4 nitrogen and oxygen atoms in total. The molecule has 0 bridgehead atoms. The fourth-order valence-electron chi connectivity index (χ4n) is 1.85. The van der Waals surface area contributed by atoms with Crippen molar-refractivity contribution >= 4 is 17.3 Å². The maximum atomic E-state index is 13.0. The predicted molar refractivity (Wildman–Crippen MR) is 75.2 cm³/mol. The highest BCUT2D eigenvalue weighted by Gasteiger charge is 2.33. The predicted octanol–water partition coefficient (Wildman–Crippen LogP) is 3.24. The zero-order valence-electron chi connectivity index (χ0n) is 11.8. The van der Waals surface area contributed by atoms with Crippen molar-refractivity contribution in [1.29, 1.82) is 0 Å². The Morgan fingerprint density at radius 1 is 1.24 bits per heavy atom. The van der Waals surface area contributed by atoms with Crippen molar-refractivity contribution in [2.45, 2.75) is 32.4 Å². The van der Waals surface area contributed by atoms with Gasteiger partial charge in [0.05, 0.1) is 5.56 Å². The summed E-state index contributed by atoms with van der Waals surface area (Å²) in [5, 5.41) is 13.7. The van der Waals surface area contributed by atoms with Gasteiger partial charge in [0.2, 0.25) is 5.91 Å². The number of rotatable bonds is 7. The first kappa shape index (κ1) is 17.3. The highest BCUT2D eigenvalue weighted by atomic mass is 19.4. The first-order chi connectivity index (χ1) is 9.84. The number of aliphatic hydroxyl groups is 1. The number of nitrogens with one attached hydrogen (secondary N) is 2. The number of amides is 1. The summed E-state index contributed by atoms with van der Waals surface area (Å²) in [5.74, 6) is -0.423. The van der Waals surface area contributed by atoms with E-state index in [1.54, 1.807) is 0 Å². The number of alkyl halides is 3. The van der Waals surface area contributed by atoms with Crippen LogP contribution in [0.2, 0.25) is 0 Å². The lowest BCUT2D eigenvalue weighted by Gasteiger charge is -2.16. The molecule has 0 fully saturated rings. The van der Waals surface area contributed by atoms with E-state index in [4.69, 9.17) is 5.11 Å². The van der Waals surface area contributed by atoms with Crippen molar-refractivity contribution in [2.24, 2.45) is 0 Å². The second-order valence-corrected chi connectivity index (χ2v) is 4.65. The summed E-state index contributed by atoms with van der Waals surface area (Å²) in [4.78, 5) is 10.9. The van der Waals surface area contributed by atoms with Crippen LogP contribution in [0.4, 0.5) is 24.5 Å². The van der Waals surface area contributed by atoms with Crippen LogP contribution in [0.5, 0.6) is 0 Å². The number of halogens is 3. The van der Waals surface area contributed by atoms with Gasteiger partial charge in [-0.15, -0.1) is 0 Å². The molecule has 0 atom stereocenters. The molecule has 1 rings (SSSR count). The van der Waals surface area contributed by atoms with Crippen LogP contribution in [-0.4, -0.2) is 24.2 Å². The number of aliphatic hydroxyl groups excluding tert-OH is 1. The molecule has 0 aliphatic carbocycles. The Bertz CT molecular complexity index is 476. The monoisotopic (exact) mass is 304 g/mol. The maximum Gasteiger partial charge on any atom is 0.418 e. The molecule has 0 saturated carbocycles. The van der Waals surface area contributed by atoms with E-state index in [0.717, 1.165) is 12.5 Å². The molecule has 0 spiro atoms. The second-order valence-electron chi connectivity index (χ2n) is 4.65. The van der Waals surface area contributed by atoms with Gasteiger partial charge in [-0.3, -0.25) is 4.79 Å². The van der Waals surface area contributed by atoms with Gasteiger partial charge in [0, 0.05) is 31.5 Å². The summed E-state index contributed by atoms with van der Waals surface area (Å²) in [7, 11) is 0. The van der Waals surface area contributed by atoms with Crippen molar-refractivity contribution in [3.8, 4) is 0 Å². The molecule has 0 aromatic heterocycles. The van der Waals surface area contributed by atoms with Crippen LogP contribution in [0.1, 0.15) is 31.7 Å². The van der Waals surface area contributed by atoms with Gasteiger partial charge >= 0.3 is 6.18 Å². The Kier molecular flexibility index (Phi) is 6.48. The molecule has 0 aliphatic heterocycles. The first-order valence-electron chi connectivity index (χ1n) is 6.68. The number of hydrogen-bond acceptors (Lipinski definition) is 3. The van der Waals surface area contributed by atoms with E-state index in [1.807, 2.05) is 0 Å². The first-order valence-corrected chi connectivity index (χ1v) is 6.68. The van der Waals surface area contributed by atoms with Crippen molar-refractivity contribution in [1.82, 2.24) is 0 Å². The lowest BCUT2D eigenvalue weighted by molar-refractivity contribution is -0.137. The van der Waals surface area contributed by atoms with E-state index in [0.29, 0.717) is 19.4 Å². The van der Waals surface area contributed by atoms with E-state index in [1.165, 1.54) is 19.1 Å². The van der Waals surface area contributed by atoms with Crippen molar-refractivity contribution in [3.63, 3.8) is 0 Å². The smallest absolute Gasteiger partial charge is 0.396 e. The minimum atomic E-state index is -4.50. The molecule has 21 heavy (non-hydrogen) atoms. The highest BCUT2D eigenvalue weighted by Crippen LogP contribution is 2.36. The molecule has 0 radical (unpaired) electrons. The van der Waals surface area contributed by atoms with E-state index in [-0.39, 0.29) is 18.0 Å². The Morgan fingerprint density at radius 3 is 2.52 bits per heavy atom. The quantitative estimate of drug-likeness (QED) is 0.678. The average molecular weight is 304 g/mol. The molecule has 0 unspecified atom stereocenters. The van der Waals surface area contributed by atoms with Gasteiger partial charge in [0.1, 0.15) is 0 Å². The largest absolute Gasteiger partial charge is 0.418 e. The van der Waals surface area contributed by atoms with Crippen molar-refractivity contribution in [3.05, 3.63) is 23.8 Å². The standard InChI is InChI=1S/C14H19F3N2O2/c1-10(21)19-11-5-6-13(12(9-11)14(15,16)17)18-7-3-2-4-8-20/h5-6,9,18,20H,2-4,7-8H2,1H3,(H,19,21). The molecule has 0 heterocycles. The molecule has 1 aromatic carbocycles. The van der Waals surface area contributed by atoms with Crippen molar-refractivity contribution in [2.75, 3.05) is 23.8 Å². The van der Waals surface area contributed by atoms with Gasteiger partial charge in [-0.2, -0.15) is 13.2 Å². The number of unbranched alkanes of at least 4 members (excludes halogenated alkanes) is 2. The molecule has 3 N–H and O–H groups in total. The number of carbonyl (C=O) groups is 1. The van der Waals surface area contributed by atoms with Gasteiger partial charge in [0.25, 0.3) is 0 Å². The zero-order valence-corrected chi connectivity index (χ0v) is 11.8. The molecular weight excluding hydrogens is 285 g/mol. The van der Waals surface area contributed by atoms with Crippen LogP contribution < -0.4 is 10.6 Å². The third kappa shape index (κ3) is 6.03. The zero-order chi connectivity index (χ0) is 15.9. The normalized spacial score (nSPS) is 11.3. The number of anilines is 2. The van der Waals surface area contributed by atoms with Crippen LogP contribution in [-0.2, 0) is 11.0 Å². The van der Waals surface area contributed by atoms with Gasteiger partial charge in [0.15, 0.2) is 0 Å². The van der Waals surface area contributed by atoms with Crippen LogP contribution in [0.25, 0.3) is 0 Å². The lowest BCUT2D eigenvalue weighted by Crippen LogP contribution is -2.13. The highest BCUT2D eigenvalue weighted by molar-refractivity contribution is 5.89. The lowest BCUT2D eigenvalue weighted by atomic mass is 10.1. The van der Waals surface area contributed by atoms with Crippen LogP contribution in [0, 0.1) is 0 Å². The Labute approximate surface area is 121 Å². The Morgan fingerprint density at radius 2 is 1.95 bits per heavy atom. The molecule has 1 aromatic rings. The van der Waals surface area contributed by atoms with Crippen LogP contribution >= 0.6 is 0 Å². The molecule has 1 amide bonds. The summed E-state index contributed by atoms with van der Waals surface area (Å²) >= 11 is 0. The SMILES string of the molecule is CC(=O)Nc1ccc(NCCCCCO)c(C(F)(F)F)c1. The van der Waals surface area contributed by atoms with Gasteiger partial charge in [-0.1, -0.05) is 0 Å². The summed E-state index contributed by atoms with van der Waals surface area (Å²) in [6.45, 7) is 1.71. The van der Waals surface area contributed by atoms with Crippen LogP contribution in [0.3, 0.4) is 0 Å². The van der Waals surface area contributed by atoms with Crippen LogP contribution in [0.15, 0.2) is 18.2 Å². The minimum Gasteiger partial charge on any atom is -0.396 e. The molecular formula is C14H19F3N2O2. The summed E-state index contributed by atoms with van der Waals surface area (Å²) in [6, 6.07) is 3.64. The maximum absolute atomic E-state index is 13.0. The number of hydrogen-bond donors (Lipinski definition) is 3. The average Bonchev–Trinajstić information content (AvgIpc) is 2.38. The van der Waals surface area contributed by atoms with Gasteiger partial charge < -0.3 is 15.7 Å². The van der Waals surface area contributed by atoms with Gasteiger partial charge in [-0.05, 0) is 37.5 Å². The number of carbonyl (C=O) groups excluding carboxylic acids is 1. The molecule has 0 saturated heterocycles. The summed E-state index contributed by atoms with van der Waals surface area (Å²) < 4.78 is 39.0. The van der Waals surface area contributed by atoms with E-state index in [2.05, 4.69) is 10.6 Å². The topological polar surface area (TPSA) is 61.4 Å². The van der Waals surface area contributed by atoms with E-state index < -0.39 is 17.6 Å². The van der Waals surface area contributed by atoms with Gasteiger partial charge in [-0.25, -0.2) is 0 Å². The van der Waals surface area contributed by atoms with Crippen molar-refractivity contribution < 1.29 is 23.1 Å². The molecule has 118 valence electrons. The third-order valence-corrected chi connectivity index (χ3v) is 2.80. The third-order valence-electron chi connectivity index (χ3n) is 2.80. The summed E-state index contributed by atoms with van der Waals surface area (Å²) in [6.07, 6.45) is -2.45. The summed E-state index contributed by atoms with van der Waals surface area (Å²) in [5.41, 5.74) is -0.711. The molecule has 0 aliphatic rings. The molecule has 7 heteroatoms. The number of benzene rings is 1. The fourth-order valence-corrected chi connectivity index (χ4v) is 1.85. The fraction of sp³-hybridized carbons (Fsp3) is 0.500. The second kappa shape index (κ2) is 7.87. The van der Waals surface area contributed by atoms with E-state index >= 15 is 0 Å². The Balaban J connectivity index is 2.80.